The van der Waals surface area contributed by atoms with Crippen LogP contribution in [-0.4, -0.2) is 13.1 Å². The third kappa shape index (κ3) is 9.90. The number of hydrogen-bond acceptors (Lipinski definition) is 1. The van der Waals surface area contributed by atoms with E-state index in [2.05, 4.69) is 59.0 Å². The van der Waals surface area contributed by atoms with Gasteiger partial charge in [-0.25, -0.2) is 0 Å². The van der Waals surface area contributed by atoms with Gasteiger partial charge in [-0.1, -0.05) is 98.1 Å². The van der Waals surface area contributed by atoms with Crippen LogP contribution in [-0.2, 0) is 0 Å². The molecule has 2 aliphatic carbocycles. The van der Waals surface area contributed by atoms with Crippen molar-refractivity contribution >= 4 is 0 Å². The minimum Gasteiger partial charge on any atom is -0.316 e. The molecule has 2 fully saturated rings. The highest BCUT2D eigenvalue weighted by Gasteiger charge is 2.37. The van der Waals surface area contributed by atoms with Crippen LogP contribution in [0.1, 0.15) is 125 Å². The Morgan fingerprint density at radius 2 is 1.69 bits per heavy atom. The molecule has 0 bridgehead atoms. The molecule has 2 saturated carbocycles. The standard InChI is InChI=1S/C31H59N/c1-7-12-25(5)17-18-32-23-27-20-31(21-27)30(22-29-16-11-14-28(29)9-3)15-10-13-26(6)19-24(4)8-2/h7,12,24-32H,8-11,13-23H2,1-6H3/b12-7-. The summed E-state index contributed by atoms with van der Waals surface area (Å²) in [5.41, 5.74) is 0. The quantitative estimate of drug-likeness (QED) is 0.174. The molecule has 1 N–H and O–H groups in total. The fraction of sp³-hybridized carbons (Fsp3) is 0.935. The topological polar surface area (TPSA) is 12.0 Å². The zero-order chi connectivity index (χ0) is 23.3. The summed E-state index contributed by atoms with van der Waals surface area (Å²) in [6, 6.07) is 0. The maximum Gasteiger partial charge on any atom is -0.00203 e. The van der Waals surface area contributed by atoms with Crippen LogP contribution in [0.15, 0.2) is 12.2 Å². The fourth-order valence-corrected chi connectivity index (χ4v) is 7.00. The van der Waals surface area contributed by atoms with Crippen LogP contribution in [0.2, 0.25) is 0 Å². The molecule has 2 rings (SSSR count). The van der Waals surface area contributed by atoms with Crippen LogP contribution >= 0.6 is 0 Å². The second-order valence-electron chi connectivity index (χ2n) is 12.2. The maximum atomic E-state index is 3.77. The minimum atomic E-state index is 0.714. The molecule has 188 valence electrons. The first-order chi connectivity index (χ1) is 15.5. The van der Waals surface area contributed by atoms with Crippen molar-refractivity contribution < 1.29 is 0 Å². The van der Waals surface area contributed by atoms with Crippen molar-refractivity contribution in [3.63, 3.8) is 0 Å². The van der Waals surface area contributed by atoms with E-state index >= 15 is 0 Å². The molecule has 0 radical (unpaired) electrons. The van der Waals surface area contributed by atoms with Gasteiger partial charge in [-0.3, -0.25) is 0 Å². The molecule has 32 heavy (non-hydrogen) atoms. The molecule has 0 aromatic heterocycles. The second kappa shape index (κ2) is 15.6. The van der Waals surface area contributed by atoms with E-state index in [1.165, 1.54) is 90.1 Å². The van der Waals surface area contributed by atoms with Gasteiger partial charge < -0.3 is 5.32 Å². The van der Waals surface area contributed by atoms with Crippen molar-refractivity contribution in [1.29, 1.82) is 0 Å². The van der Waals surface area contributed by atoms with E-state index < -0.39 is 0 Å². The van der Waals surface area contributed by atoms with Gasteiger partial charge in [-0.05, 0) is 99.5 Å². The smallest absolute Gasteiger partial charge is 0.00203 e. The number of hydrogen-bond donors (Lipinski definition) is 1. The first-order valence-corrected chi connectivity index (χ1v) is 14.8. The highest BCUT2D eigenvalue weighted by Crippen LogP contribution is 2.47. The van der Waals surface area contributed by atoms with E-state index in [0.717, 1.165) is 41.4 Å². The summed E-state index contributed by atoms with van der Waals surface area (Å²) in [6.07, 6.45) is 23.6. The Kier molecular flexibility index (Phi) is 13.6. The summed E-state index contributed by atoms with van der Waals surface area (Å²) in [5, 5.41) is 3.77. The fourth-order valence-electron chi connectivity index (χ4n) is 7.00. The summed E-state index contributed by atoms with van der Waals surface area (Å²) in [4.78, 5) is 0. The predicted molar refractivity (Wildman–Crippen MR) is 144 cm³/mol. The highest BCUT2D eigenvalue weighted by molar-refractivity contribution is 4.89. The first-order valence-electron chi connectivity index (χ1n) is 14.8. The van der Waals surface area contributed by atoms with Gasteiger partial charge in [0, 0.05) is 0 Å². The lowest BCUT2D eigenvalue weighted by molar-refractivity contribution is 0.0902. The van der Waals surface area contributed by atoms with Crippen LogP contribution in [0.4, 0.5) is 0 Å². The predicted octanol–water partition coefficient (Wildman–Crippen LogP) is 9.28. The Bertz CT molecular complexity index is 491. The number of rotatable bonds is 17. The van der Waals surface area contributed by atoms with Crippen molar-refractivity contribution in [2.45, 2.75) is 125 Å². The van der Waals surface area contributed by atoms with Crippen LogP contribution < -0.4 is 5.32 Å². The highest BCUT2D eigenvalue weighted by atomic mass is 14.9. The lowest BCUT2D eigenvalue weighted by atomic mass is 9.64. The third-order valence-electron chi connectivity index (χ3n) is 9.39. The Balaban J connectivity index is 1.74. The van der Waals surface area contributed by atoms with Crippen molar-refractivity contribution in [2.24, 2.45) is 47.3 Å². The van der Waals surface area contributed by atoms with Crippen molar-refractivity contribution in [3.05, 3.63) is 12.2 Å². The Hall–Kier alpha value is -0.300. The van der Waals surface area contributed by atoms with Crippen LogP contribution in [0.3, 0.4) is 0 Å². The van der Waals surface area contributed by atoms with E-state index in [0.29, 0.717) is 5.92 Å². The van der Waals surface area contributed by atoms with Gasteiger partial charge in [0.15, 0.2) is 0 Å². The average Bonchev–Trinajstić information content (AvgIpc) is 3.19. The summed E-state index contributed by atoms with van der Waals surface area (Å²) in [7, 11) is 0. The molecular formula is C31H59N. The largest absolute Gasteiger partial charge is 0.316 e. The lowest BCUT2D eigenvalue weighted by Gasteiger charge is -2.42. The molecule has 0 amide bonds. The molecule has 2 aliphatic rings. The molecule has 0 aromatic carbocycles. The minimum absolute atomic E-state index is 0.714. The molecule has 6 unspecified atom stereocenters. The van der Waals surface area contributed by atoms with Crippen molar-refractivity contribution in [1.82, 2.24) is 5.32 Å². The number of allylic oxidation sites excluding steroid dienone is 2. The van der Waals surface area contributed by atoms with Crippen molar-refractivity contribution in [2.75, 3.05) is 13.1 Å². The van der Waals surface area contributed by atoms with E-state index in [-0.39, 0.29) is 0 Å². The summed E-state index contributed by atoms with van der Waals surface area (Å²) >= 11 is 0. The van der Waals surface area contributed by atoms with Crippen LogP contribution in [0, 0.1) is 47.3 Å². The van der Waals surface area contributed by atoms with Gasteiger partial charge in [0.2, 0.25) is 0 Å². The van der Waals surface area contributed by atoms with Gasteiger partial charge in [-0.2, -0.15) is 0 Å². The third-order valence-corrected chi connectivity index (χ3v) is 9.39. The first kappa shape index (κ1) is 27.9. The normalized spacial score (nSPS) is 29.7. The summed E-state index contributed by atoms with van der Waals surface area (Å²) < 4.78 is 0. The Morgan fingerprint density at radius 1 is 0.938 bits per heavy atom. The van der Waals surface area contributed by atoms with Gasteiger partial charge in [-0.15, -0.1) is 0 Å². The van der Waals surface area contributed by atoms with Gasteiger partial charge in [0.05, 0.1) is 0 Å². The molecule has 0 aliphatic heterocycles. The monoisotopic (exact) mass is 445 g/mol. The molecule has 0 spiro atoms. The molecule has 0 saturated heterocycles. The van der Waals surface area contributed by atoms with E-state index in [9.17, 15) is 0 Å². The molecule has 0 aromatic rings. The zero-order valence-corrected chi connectivity index (χ0v) is 22.9. The van der Waals surface area contributed by atoms with Gasteiger partial charge in [0.1, 0.15) is 0 Å². The van der Waals surface area contributed by atoms with E-state index in [1.54, 1.807) is 6.42 Å². The van der Waals surface area contributed by atoms with E-state index in [1.807, 2.05) is 0 Å². The second-order valence-corrected chi connectivity index (χ2v) is 12.2. The molecular weight excluding hydrogens is 386 g/mol. The summed E-state index contributed by atoms with van der Waals surface area (Å²) in [5.74, 6) is 7.64. The zero-order valence-electron chi connectivity index (χ0n) is 22.9. The molecule has 6 atom stereocenters. The average molecular weight is 446 g/mol. The maximum absolute atomic E-state index is 3.77. The number of nitrogens with one attached hydrogen (secondary N) is 1. The van der Waals surface area contributed by atoms with Crippen molar-refractivity contribution in [3.8, 4) is 0 Å². The Labute approximate surface area is 203 Å². The van der Waals surface area contributed by atoms with Gasteiger partial charge >= 0.3 is 0 Å². The molecule has 1 heteroatoms. The lowest BCUT2D eigenvalue weighted by Crippen LogP contribution is -2.38. The van der Waals surface area contributed by atoms with Crippen LogP contribution in [0.25, 0.3) is 0 Å². The summed E-state index contributed by atoms with van der Waals surface area (Å²) in [6.45, 7) is 16.7. The van der Waals surface area contributed by atoms with Crippen LogP contribution in [0.5, 0.6) is 0 Å². The van der Waals surface area contributed by atoms with E-state index in [4.69, 9.17) is 0 Å². The SMILES string of the molecule is C/C=C\C(C)CCNCC1CC(C(CCCC(C)CC(C)CC)CC2CCCC2CC)C1. The molecule has 1 nitrogen and oxygen atoms in total. The Morgan fingerprint density at radius 3 is 2.38 bits per heavy atom. The van der Waals surface area contributed by atoms with Gasteiger partial charge in [0.25, 0.3) is 0 Å². The molecule has 0 heterocycles.